The first-order valence-electron chi connectivity index (χ1n) is 8.42. The number of carbonyl (C=O) groups is 3. The van der Waals surface area contributed by atoms with E-state index >= 15 is 0 Å². The van der Waals surface area contributed by atoms with E-state index in [1.54, 1.807) is 26.0 Å². The molecule has 0 aliphatic heterocycles. The summed E-state index contributed by atoms with van der Waals surface area (Å²) >= 11 is 0. The zero-order valence-electron chi connectivity index (χ0n) is 16.3. The SMILES string of the molecule is CCOC(=O)Nn1c(C)nc2ccc(N/C(=C/C(=O)OC)C(=O)OC)cc2c1=O. The number of hydrogen-bond donors (Lipinski definition) is 2. The van der Waals surface area contributed by atoms with Gasteiger partial charge < -0.3 is 19.5 Å². The molecule has 2 N–H and O–H groups in total. The van der Waals surface area contributed by atoms with Crippen molar-refractivity contribution < 1.29 is 28.6 Å². The molecule has 1 heterocycles. The van der Waals surface area contributed by atoms with E-state index < -0.39 is 23.6 Å². The molecule has 11 heteroatoms. The minimum absolute atomic E-state index is 0.136. The molecule has 0 atom stereocenters. The van der Waals surface area contributed by atoms with Crippen molar-refractivity contribution in [3.05, 3.63) is 46.2 Å². The van der Waals surface area contributed by atoms with Gasteiger partial charge in [0.25, 0.3) is 5.56 Å². The summed E-state index contributed by atoms with van der Waals surface area (Å²) in [4.78, 5) is 52.1. The Labute approximate surface area is 165 Å². The molecule has 11 nitrogen and oxygen atoms in total. The number of carbonyl (C=O) groups excluding carboxylic acids is 3. The summed E-state index contributed by atoms with van der Waals surface area (Å²) in [5, 5.41) is 2.86. The Balaban J connectivity index is 2.48. The molecule has 0 bridgehead atoms. The Bertz CT molecular complexity index is 1040. The van der Waals surface area contributed by atoms with Crippen LogP contribution in [0.5, 0.6) is 0 Å². The molecular formula is C18H20N4O7. The Morgan fingerprint density at radius 1 is 1.21 bits per heavy atom. The Morgan fingerprint density at radius 2 is 1.93 bits per heavy atom. The number of benzene rings is 1. The third kappa shape index (κ3) is 5.09. The van der Waals surface area contributed by atoms with Crippen molar-refractivity contribution in [1.29, 1.82) is 0 Å². The molecule has 1 aromatic carbocycles. The number of fused-ring (bicyclic) bond motifs is 1. The smallest absolute Gasteiger partial charge is 0.426 e. The number of ether oxygens (including phenoxy) is 3. The number of methoxy groups -OCH3 is 2. The maximum absolute atomic E-state index is 12.8. The van der Waals surface area contributed by atoms with E-state index in [1.807, 2.05) is 0 Å². The maximum atomic E-state index is 12.8. The Kier molecular flexibility index (Phi) is 6.90. The highest BCUT2D eigenvalue weighted by Gasteiger charge is 2.15. The van der Waals surface area contributed by atoms with Gasteiger partial charge in [-0.1, -0.05) is 0 Å². The highest BCUT2D eigenvalue weighted by atomic mass is 16.6. The molecule has 0 saturated carbocycles. The molecule has 29 heavy (non-hydrogen) atoms. The number of anilines is 1. The van der Waals surface area contributed by atoms with Crippen molar-refractivity contribution in [3.63, 3.8) is 0 Å². The first kappa shape index (κ1) is 21.4. The van der Waals surface area contributed by atoms with Crippen LogP contribution in [0.4, 0.5) is 10.5 Å². The molecule has 1 aromatic heterocycles. The molecule has 0 spiro atoms. The Morgan fingerprint density at radius 3 is 2.55 bits per heavy atom. The predicted octanol–water partition coefficient (Wildman–Crippen LogP) is 1.05. The van der Waals surface area contributed by atoms with Gasteiger partial charge in [0.15, 0.2) is 0 Å². The van der Waals surface area contributed by atoms with Crippen molar-refractivity contribution in [1.82, 2.24) is 9.66 Å². The second kappa shape index (κ2) is 9.35. The highest BCUT2D eigenvalue weighted by Crippen LogP contribution is 2.17. The van der Waals surface area contributed by atoms with Gasteiger partial charge in [-0.25, -0.2) is 24.8 Å². The van der Waals surface area contributed by atoms with Crippen LogP contribution in [0.2, 0.25) is 0 Å². The van der Waals surface area contributed by atoms with Crippen LogP contribution in [0.3, 0.4) is 0 Å². The third-order valence-corrected chi connectivity index (χ3v) is 3.66. The second-order valence-corrected chi connectivity index (χ2v) is 5.56. The van der Waals surface area contributed by atoms with Gasteiger partial charge in [-0.2, -0.15) is 4.68 Å². The van der Waals surface area contributed by atoms with Crippen LogP contribution in [-0.2, 0) is 23.8 Å². The van der Waals surface area contributed by atoms with Crippen LogP contribution in [0.1, 0.15) is 12.7 Å². The summed E-state index contributed by atoms with van der Waals surface area (Å²) in [5.74, 6) is -1.33. The second-order valence-electron chi connectivity index (χ2n) is 5.56. The first-order chi connectivity index (χ1) is 13.8. The average molecular weight is 404 g/mol. The predicted molar refractivity (Wildman–Crippen MR) is 103 cm³/mol. The van der Waals surface area contributed by atoms with Crippen molar-refractivity contribution in [2.24, 2.45) is 0 Å². The molecule has 0 fully saturated rings. The molecule has 154 valence electrons. The van der Waals surface area contributed by atoms with E-state index in [2.05, 4.69) is 25.2 Å². The quantitative estimate of drug-likeness (QED) is 0.411. The summed E-state index contributed by atoms with van der Waals surface area (Å²) in [6, 6.07) is 4.53. The highest BCUT2D eigenvalue weighted by molar-refractivity contribution is 5.99. The van der Waals surface area contributed by atoms with Crippen molar-refractivity contribution in [2.45, 2.75) is 13.8 Å². The third-order valence-electron chi connectivity index (χ3n) is 3.66. The fourth-order valence-corrected chi connectivity index (χ4v) is 2.35. The van der Waals surface area contributed by atoms with Crippen molar-refractivity contribution in [2.75, 3.05) is 31.6 Å². The van der Waals surface area contributed by atoms with Crippen molar-refractivity contribution in [3.8, 4) is 0 Å². The number of rotatable bonds is 6. The number of hydrogen-bond acceptors (Lipinski definition) is 9. The number of aryl methyl sites for hydroxylation is 1. The van der Waals surface area contributed by atoms with Gasteiger partial charge >= 0.3 is 18.0 Å². The lowest BCUT2D eigenvalue weighted by atomic mass is 10.2. The van der Waals surface area contributed by atoms with E-state index in [0.29, 0.717) is 11.2 Å². The van der Waals surface area contributed by atoms with Crippen molar-refractivity contribution >= 4 is 34.6 Å². The standard InChI is InChI=1S/C18H20N4O7/c1-5-29-18(26)21-22-10(2)19-13-7-6-11(8-12(13)16(22)24)20-14(17(25)28-4)9-15(23)27-3/h6-9,20H,5H2,1-4H3,(H,21,26)/b14-9+. The summed E-state index contributed by atoms with van der Waals surface area (Å²) < 4.78 is 14.9. The molecule has 2 rings (SSSR count). The molecule has 1 amide bonds. The molecule has 0 saturated heterocycles. The van der Waals surface area contributed by atoms with E-state index in [0.717, 1.165) is 25.0 Å². The number of esters is 2. The number of amides is 1. The number of nitrogens with zero attached hydrogens (tertiary/aromatic N) is 2. The molecule has 0 unspecified atom stereocenters. The van der Waals surface area contributed by atoms with Gasteiger partial charge in [0.1, 0.15) is 11.5 Å². The zero-order valence-corrected chi connectivity index (χ0v) is 16.3. The van der Waals surface area contributed by atoms with Gasteiger partial charge in [-0.15, -0.1) is 0 Å². The molecular weight excluding hydrogens is 384 g/mol. The minimum atomic E-state index is -0.807. The van der Waals surface area contributed by atoms with Crippen LogP contribution >= 0.6 is 0 Å². The molecule has 0 aliphatic carbocycles. The van der Waals surface area contributed by atoms with Gasteiger partial charge in [0.05, 0.1) is 37.8 Å². The largest absolute Gasteiger partial charge is 0.466 e. The molecule has 0 radical (unpaired) electrons. The number of nitrogens with one attached hydrogen (secondary N) is 2. The minimum Gasteiger partial charge on any atom is -0.466 e. The average Bonchev–Trinajstić information content (AvgIpc) is 2.70. The normalized spacial score (nSPS) is 11.0. The van der Waals surface area contributed by atoms with E-state index in [9.17, 15) is 19.2 Å². The molecule has 0 aliphatic rings. The van der Waals surface area contributed by atoms with Crippen LogP contribution in [0.15, 0.2) is 34.8 Å². The maximum Gasteiger partial charge on any atom is 0.426 e. The van der Waals surface area contributed by atoms with Crippen LogP contribution in [0, 0.1) is 6.92 Å². The summed E-state index contributed by atoms with van der Waals surface area (Å²) in [6.07, 6.45) is 0.117. The summed E-state index contributed by atoms with van der Waals surface area (Å²) in [7, 11) is 2.32. The lowest BCUT2D eigenvalue weighted by Crippen LogP contribution is -2.35. The lowest BCUT2D eigenvalue weighted by Gasteiger charge is -2.13. The topological polar surface area (TPSA) is 138 Å². The van der Waals surface area contributed by atoms with E-state index in [4.69, 9.17) is 4.74 Å². The fourth-order valence-electron chi connectivity index (χ4n) is 2.35. The monoisotopic (exact) mass is 404 g/mol. The van der Waals surface area contributed by atoms with E-state index in [-0.39, 0.29) is 23.5 Å². The summed E-state index contributed by atoms with van der Waals surface area (Å²) in [5.41, 5.74) is 2.24. The number of aromatic nitrogens is 2. The Hall–Kier alpha value is -3.89. The van der Waals surface area contributed by atoms with Crippen LogP contribution in [0.25, 0.3) is 10.9 Å². The first-order valence-corrected chi connectivity index (χ1v) is 8.42. The van der Waals surface area contributed by atoms with Gasteiger partial charge in [-0.3, -0.25) is 4.79 Å². The van der Waals surface area contributed by atoms with Gasteiger partial charge in [-0.05, 0) is 32.0 Å². The molecule has 2 aromatic rings. The summed E-state index contributed by atoms with van der Waals surface area (Å²) in [6.45, 7) is 3.32. The lowest BCUT2D eigenvalue weighted by molar-refractivity contribution is -0.138. The van der Waals surface area contributed by atoms with Crippen LogP contribution in [-0.4, -0.2) is 48.5 Å². The van der Waals surface area contributed by atoms with Gasteiger partial charge in [0.2, 0.25) is 0 Å². The zero-order chi connectivity index (χ0) is 21.6. The van der Waals surface area contributed by atoms with Crippen LogP contribution < -0.4 is 16.3 Å². The van der Waals surface area contributed by atoms with E-state index in [1.165, 1.54) is 6.07 Å². The van der Waals surface area contributed by atoms with Gasteiger partial charge in [0, 0.05) is 5.69 Å². The fraction of sp³-hybridized carbons (Fsp3) is 0.278.